The number of aryl methyl sites for hydroxylation is 1. The van der Waals surface area contributed by atoms with Crippen LogP contribution in [0.25, 0.3) is 0 Å². The van der Waals surface area contributed by atoms with Gasteiger partial charge in [-0.3, -0.25) is 4.79 Å². The number of ether oxygens (including phenoxy) is 2. The monoisotopic (exact) mass is 373 g/mol. The van der Waals surface area contributed by atoms with Crippen LogP contribution in [0.4, 0.5) is 5.00 Å². The third kappa shape index (κ3) is 3.75. The Kier molecular flexibility index (Phi) is 5.61. The van der Waals surface area contributed by atoms with Crippen LogP contribution in [-0.4, -0.2) is 25.6 Å². The Bertz CT molecular complexity index is 810. The van der Waals surface area contributed by atoms with Crippen LogP contribution in [-0.2, 0) is 17.6 Å². The van der Waals surface area contributed by atoms with Gasteiger partial charge in [-0.05, 0) is 61.9 Å². The van der Waals surface area contributed by atoms with Crippen LogP contribution in [0, 0.1) is 5.92 Å². The normalized spacial score (nSPS) is 15.9. The van der Waals surface area contributed by atoms with Gasteiger partial charge in [-0.15, -0.1) is 11.3 Å². The summed E-state index contributed by atoms with van der Waals surface area (Å²) in [6, 6.07) is 6.88. The number of esters is 1. The van der Waals surface area contributed by atoms with Crippen molar-refractivity contribution in [3.05, 3.63) is 45.8 Å². The van der Waals surface area contributed by atoms with Gasteiger partial charge in [0.15, 0.2) is 0 Å². The van der Waals surface area contributed by atoms with E-state index in [-0.39, 0.29) is 11.9 Å². The van der Waals surface area contributed by atoms with E-state index in [4.69, 9.17) is 9.47 Å². The molecule has 3 rings (SSSR count). The minimum absolute atomic E-state index is 0.246. The fourth-order valence-electron chi connectivity index (χ4n) is 3.18. The molecule has 2 aromatic rings. The van der Waals surface area contributed by atoms with Crippen LogP contribution in [0.3, 0.4) is 0 Å². The van der Waals surface area contributed by atoms with Crippen LogP contribution in [0.2, 0.25) is 0 Å². The van der Waals surface area contributed by atoms with Crippen molar-refractivity contribution in [1.82, 2.24) is 0 Å². The maximum absolute atomic E-state index is 12.6. The van der Waals surface area contributed by atoms with Gasteiger partial charge in [0.25, 0.3) is 5.91 Å². The number of carbonyl (C=O) groups excluding carboxylic acids is 2. The second kappa shape index (κ2) is 7.91. The number of methoxy groups -OCH3 is 1. The van der Waals surface area contributed by atoms with Crippen LogP contribution in [0.15, 0.2) is 24.3 Å². The zero-order valence-corrected chi connectivity index (χ0v) is 16.1. The van der Waals surface area contributed by atoms with Gasteiger partial charge < -0.3 is 14.8 Å². The standard InChI is InChI=1S/C20H23NO4S/c1-4-25-20(23)17-15-11-12(2)5-10-16(15)26-19(17)21-18(22)13-6-8-14(24-3)9-7-13/h6-9,12H,4-5,10-11H2,1-3H3,(H,21,22)/t12-/m1/s1. The van der Waals surface area contributed by atoms with Gasteiger partial charge in [0.05, 0.1) is 19.3 Å². The third-order valence-corrected chi connectivity index (χ3v) is 5.77. The zero-order valence-electron chi connectivity index (χ0n) is 15.3. The number of amides is 1. The summed E-state index contributed by atoms with van der Waals surface area (Å²) >= 11 is 1.49. The Morgan fingerprint density at radius 2 is 2.00 bits per heavy atom. The van der Waals surface area contributed by atoms with Gasteiger partial charge in [0, 0.05) is 10.4 Å². The van der Waals surface area contributed by atoms with E-state index in [0.29, 0.717) is 34.4 Å². The quantitative estimate of drug-likeness (QED) is 0.793. The number of fused-ring (bicyclic) bond motifs is 1. The molecule has 0 fully saturated rings. The average molecular weight is 373 g/mol. The highest BCUT2D eigenvalue weighted by molar-refractivity contribution is 7.17. The number of hydrogen-bond donors (Lipinski definition) is 1. The summed E-state index contributed by atoms with van der Waals surface area (Å²) in [5.74, 6) is 0.610. The molecule has 6 heteroatoms. The molecular formula is C20H23NO4S. The predicted molar refractivity (Wildman–Crippen MR) is 102 cm³/mol. The van der Waals surface area contributed by atoms with Gasteiger partial charge in [-0.2, -0.15) is 0 Å². The lowest BCUT2D eigenvalue weighted by Crippen LogP contribution is -2.17. The van der Waals surface area contributed by atoms with Gasteiger partial charge >= 0.3 is 5.97 Å². The minimum Gasteiger partial charge on any atom is -0.497 e. The molecule has 0 radical (unpaired) electrons. The first kappa shape index (κ1) is 18.5. The van der Waals surface area contributed by atoms with Crippen LogP contribution >= 0.6 is 11.3 Å². The summed E-state index contributed by atoms with van der Waals surface area (Å²) < 4.78 is 10.4. The van der Waals surface area contributed by atoms with Crippen molar-refractivity contribution in [1.29, 1.82) is 0 Å². The van der Waals surface area contributed by atoms with Crippen molar-refractivity contribution in [2.45, 2.75) is 33.1 Å². The highest BCUT2D eigenvalue weighted by Crippen LogP contribution is 2.40. The molecule has 1 atom stereocenters. The van der Waals surface area contributed by atoms with E-state index in [1.807, 2.05) is 0 Å². The Morgan fingerprint density at radius 1 is 1.27 bits per heavy atom. The molecule has 0 saturated heterocycles. The van der Waals surface area contributed by atoms with Gasteiger partial charge in [-0.25, -0.2) is 4.79 Å². The fraction of sp³-hybridized carbons (Fsp3) is 0.400. The molecule has 1 aliphatic rings. The van der Waals surface area contributed by atoms with Crippen LogP contribution in [0.1, 0.15) is 51.4 Å². The molecule has 0 aliphatic heterocycles. The second-order valence-corrected chi connectivity index (χ2v) is 7.56. The molecule has 1 aromatic heterocycles. The van der Waals surface area contributed by atoms with E-state index < -0.39 is 0 Å². The topological polar surface area (TPSA) is 64.6 Å². The maximum atomic E-state index is 12.6. The number of thiophene rings is 1. The minimum atomic E-state index is -0.357. The molecule has 1 amide bonds. The van der Waals surface area contributed by atoms with Crippen LogP contribution < -0.4 is 10.1 Å². The molecule has 1 aliphatic carbocycles. The first-order valence-corrected chi connectivity index (χ1v) is 9.62. The molecule has 0 unspecified atom stereocenters. The second-order valence-electron chi connectivity index (χ2n) is 6.46. The lowest BCUT2D eigenvalue weighted by atomic mass is 9.88. The van der Waals surface area contributed by atoms with Crippen molar-refractivity contribution in [3.8, 4) is 5.75 Å². The number of hydrogen-bond acceptors (Lipinski definition) is 5. The molecular weight excluding hydrogens is 350 g/mol. The Labute approximate surface area is 157 Å². The number of anilines is 1. The van der Waals surface area contributed by atoms with Crippen molar-refractivity contribution >= 4 is 28.2 Å². The van der Waals surface area contributed by atoms with E-state index in [9.17, 15) is 9.59 Å². The van der Waals surface area contributed by atoms with Crippen molar-refractivity contribution in [2.24, 2.45) is 5.92 Å². The molecule has 0 saturated carbocycles. The van der Waals surface area contributed by atoms with Crippen molar-refractivity contribution in [3.63, 3.8) is 0 Å². The molecule has 1 aromatic carbocycles. The number of rotatable bonds is 5. The summed E-state index contributed by atoms with van der Waals surface area (Å²) in [5.41, 5.74) is 2.08. The molecule has 0 spiro atoms. The summed E-state index contributed by atoms with van der Waals surface area (Å²) in [7, 11) is 1.58. The first-order valence-electron chi connectivity index (χ1n) is 8.80. The highest BCUT2D eigenvalue weighted by Gasteiger charge is 2.29. The zero-order chi connectivity index (χ0) is 18.7. The van der Waals surface area contributed by atoms with E-state index in [2.05, 4.69) is 12.2 Å². The van der Waals surface area contributed by atoms with Gasteiger partial charge in [-0.1, -0.05) is 6.92 Å². The van der Waals surface area contributed by atoms with Crippen molar-refractivity contribution in [2.75, 3.05) is 19.0 Å². The number of nitrogens with one attached hydrogen (secondary N) is 1. The fourth-order valence-corrected chi connectivity index (χ4v) is 4.41. The molecule has 1 heterocycles. The van der Waals surface area contributed by atoms with Gasteiger partial charge in [0.1, 0.15) is 10.8 Å². The Balaban J connectivity index is 1.90. The first-order chi connectivity index (χ1) is 12.5. The van der Waals surface area contributed by atoms with E-state index in [1.165, 1.54) is 16.2 Å². The maximum Gasteiger partial charge on any atom is 0.341 e. The number of benzene rings is 1. The molecule has 5 nitrogen and oxygen atoms in total. The Hall–Kier alpha value is -2.34. The molecule has 1 N–H and O–H groups in total. The molecule has 138 valence electrons. The lowest BCUT2D eigenvalue weighted by Gasteiger charge is -2.18. The van der Waals surface area contributed by atoms with Gasteiger partial charge in [0.2, 0.25) is 0 Å². The largest absolute Gasteiger partial charge is 0.497 e. The smallest absolute Gasteiger partial charge is 0.341 e. The average Bonchev–Trinajstić information content (AvgIpc) is 2.99. The number of carbonyl (C=O) groups is 2. The van der Waals surface area contributed by atoms with E-state index in [0.717, 1.165) is 24.8 Å². The summed E-state index contributed by atoms with van der Waals surface area (Å²) in [4.78, 5) is 26.3. The molecule has 26 heavy (non-hydrogen) atoms. The van der Waals surface area contributed by atoms with Crippen LogP contribution in [0.5, 0.6) is 5.75 Å². The predicted octanol–water partition coefficient (Wildman–Crippen LogP) is 4.31. The third-order valence-electron chi connectivity index (χ3n) is 4.57. The summed E-state index contributed by atoms with van der Waals surface area (Å²) in [6.45, 7) is 4.28. The highest BCUT2D eigenvalue weighted by atomic mass is 32.1. The van der Waals surface area contributed by atoms with E-state index in [1.54, 1.807) is 38.3 Å². The van der Waals surface area contributed by atoms with E-state index >= 15 is 0 Å². The summed E-state index contributed by atoms with van der Waals surface area (Å²) in [5, 5.41) is 3.50. The lowest BCUT2D eigenvalue weighted by molar-refractivity contribution is 0.0526. The summed E-state index contributed by atoms with van der Waals surface area (Å²) in [6.07, 6.45) is 2.88. The van der Waals surface area contributed by atoms with Crippen molar-refractivity contribution < 1.29 is 19.1 Å². The Morgan fingerprint density at radius 3 is 2.65 bits per heavy atom. The SMILES string of the molecule is CCOC(=O)c1c(NC(=O)c2ccc(OC)cc2)sc2c1C[C@H](C)CC2. The molecule has 0 bridgehead atoms.